The first-order valence-corrected chi connectivity index (χ1v) is 5.37. The molecule has 2 aromatic rings. The molecule has 0 fully saturated rings. The molecule has 0 radical (unpaired) electrons. The van der Waals surface area contributed by atoms with E-state index >= 15 is 0 Å². The third-order valence-electron chi connectivity index (χ3n) is 2.52. The van der Waals surface area contributed by atoms with Gasteiger partial charge in [-0.25, -0.2) is 0 Å². The number of nitrogens with one attached hydrogen (secondary N) is 1. The Balaban J connectivity index is 2.40. The Morgan fingerprint density at radius 1 is 1.44 bits per heavy atom. The fourth-order valence-corrected chi connectivity index (χ4v) is 1.93. The lowest BCUT2D eigenvalue weighted by Crippen LogP contribution is -2.20. The van der Waals surface area contributed by atoms with Gasteiger partial charge < -0.3 is 5.32 Å². The van der Waals surface area contributed by atoms with E-state index in [4.69, 9.17) is 11.6 Å². The van der Waals surface area contributed by atoms with Crippen LogP contribution >= 0.6 is 11.6 Å². The maximum atomic E-state index is 5.98. The maximum Gasteiger partial charge on any atom is 0.0798 e. The number of hydrogen-bond donors (Lipinski definition) is 1. The van der Waals surface area contributed by atoms with E-state index in [2.05, 4.69) is 15.6 Å². The number of benzene rings is 1. The Morgan fingerprint density at radius 2 is 2.25 bits per heavy atom. The van der Waals surface area contributed by atoms with E-state index in [1.807, 2.05) is 38.4 Å². The summed E-state index contributed by atoms with van der Waals surface area (Å²) >= 11 is 5.98. The molecule has 0 aliphatic heterocycles. The minimum atomic E-state index is 0.0544. The molecule has 0 saturated carbocycles. The molecule has 1 unspecified atom stereocenters. The van der Waals surface area contributed by atoms with Crippen molar-refractivity contribution in [2.24, 2.45) is 7.05 Å². The van der Waals surface area contributed by atoms with Crippen molar-refractivity contribution in [1.82, 2.24) is 20.3 Å². The lowest BCUT2D eigenvalue weighted by Gasteiger charge is -2.16. The SMILES string of the molecule is CNC(c1cccc(Cl)c1)c1cnnn1C. The van der Waals surface area contributed by atoms with E-state index in [0.717, 1.165) is 16.3 Å². The molecule has 0 saturated heterocycles. The smallest absolute Gasteiger partial charge is 0.0798 e. The van der Waals surface area contributed by atoms with Crippen LogP contribution in [0.4, 0.5) is 0 Å². The van der Waals surface area contributed by atoms with Crippen LogP contribution in [0.5, 0.6) is 0 Å². The van der Waals surface area contributed by atoms with Crippen LogP contribution < -0.4 is 5.32 Å². The molecule has 0 bridgehead atoms. The Morgan fingerprint density at radius 3 is 2.81 bits per heavy atom. The predicted octanol–water partition coefficient (Wildman–Crippen LogP) is 1.78. The number of aryl methyl sites for hydroxylation is 1. The van der Waals surface area contributed by atoms with E-state index in [1.54, 1.807) is 10.9 Å². The minimum Gasteiger partial charge on any atom is -0.308 e. The molecule has 0 spiro atoms. The topological polar surface area (TPSA) is 42.7 Å². The summed E-state index contributed by atoms with van der Waals surface area (Å²) < 4.78 is 1.75. The normalized spacial score (nSPS) is 12.7. The third kappa shape index (κ3) is 2.08. The van der Waals surface area contributed by atoms with E-state index in [1.165, 1.54) is 0 Å². The average molecular weight is 237 g/mol. The molecule has 0 aliphatic carbocycles. The first-order valence-electron chi connectivity index (χ1n) is 4.99. The highest BCUT2D eigenvalue weighted by molar-refractivity contribution is 6.30. The third-order valence-corrected chi connectivity index (χ3v) is 2.75. The van der Waals surface area contributed by atoms with Gasteiger partial charge in [-0.3, -0.25) is 4.68 Å². The van der Waals surface area contributed by atoms with Gasteiger partial charge in [0.05, 0.1) is 17.9 Å². The molecule has 1 aromatic heterocycles. The summed E-state index contributed by atoms with van der Waals surface area (Å²) in [5, 5.41) is 11.8. The molecule has 2 rings (SSSR count). The molecule has 84 valence electrons. The van der Waals surface area contributed by atoms with Crippen molar-refractivity contribution in [2.45, 2.75) is 6.04 Å². The van der Waals surface area contributed by atoms with E-state index in [-0.39, 0.29) is 6.04 Å². The number of nitrogens with zero attached hydrogens (tertiary/aromatic N) is 3. The Hall–Kier alpha value is -1.39. The molecule has 4 nitrogen and oxygen atoms in total. The van der Waals surface area contributed by atoms with Gasteiger partial charge in [0, 0.05) is 12.1 Å². The van der Waals surface area contributed by atoms with Crippen molar-refractivity contribution in [2.75, 3.05) is 7.05 Å². The summed E-state index contributed by atoms with van der Waals surface area (Å²) in [5.74, 6) is 0. The van der Waals surface area contributed by atoms with Crippen LogP contribution in [-0.2, 0) is 7.05 Å². The molecule has 1 N–H and O–H groups in total. The van der Waals surface area contributed by atoms with Crippen LogP contribution in [0.1, 0.15) is 17.3 Å². The van der Waals surface area contributed by atoms with Gasteiger partial charge in [0.15, 0.2) is 0 Å². The van der Waals surface area contributed by atoms with Gasteiger partial charge in [0.2, 0.25) is 0 Å². The van der Waals surface area contributed by atoms with E-state index < -0.39 is 0 Å². The molecule has 0 amide bonds. The first kappa shape index (κ1) is 11.1. The van der Waals surface area contributed by atoms with Crippen molar-refractivity contribution < 1.29 is 0 Å². The second kappa shape index (κ2) is 4.63. The molecule has 1 atom stereocenters. The molecule has 0 aliphatic rings. The molecule has 1 aromatic carbocycles. The van der Waals surface area contributed by atoms with E-state index in [0.29, 0.717) is 0 Å². The van der Waals surface area contributed by atoms with Crippen LogP contribution in [0, 0.1) is 0 Å². The maximum absolute atomic E-state index is 5.98. The lowest BCUT2D eigenvalue weighted by atomic mass is 10.0. The van der Waals surface area contributed by atoms with Crippen molar-refractivity contribution in [3.05, 3.63) is 46.7 Å². The highest BCUT2D eigenvalue weighted by Crippen LogP contribution is 2.22. The zero-order chi connectivity index (χ0) is 11.5. The van der Waals surface area contributed by atoms with Gasteiger partial charge in [-0.1, -0.05) is 28.9 Å². The Kier molecular flexibility index (Phi) is 3.22. The minimum absolute atomic E-state index is 0.0544. The van der Waals surface area contributed by atoms with E-state index in [9.17, 15) is 0 Å². The summed E-state index contributed by atoms with van der Waals surface area (Å²) in [7, 11) is 3.77. The molecule has 16 heavy (non-hydrogen) atoms. The van der Waals surface area contributed by atoms with Crippen LogP contribution in [0.25, 0.3) is 0 Å². The lowest BCUT2D eigenvalue weighted by molar-refractivity contribution is 0.598. The second-order valence-electron chi connectivity index (χ2n) is 3.56. The number of halogens is 1. The summed E-state index contributed by atoms with van der Waals surface area (Å²) in [6, 6.07) is 7.82. The Labute approximate surface area is 99.2 Å². The fourth-order valence-electron chi connectivity index (χ4n) is 1.73. The Bertz CT molecular complexity index is 480. The van der Waals surface area contributed by atoms with Gasteiger partial charge in [-0.05, 0) is 24.7 Å². The standard InChI is InChI=1S/C11H13ClN4/c1-13-11(10-7-14-15-16(10)2)8-4-3-5-9(12)6-8/h3-7,11,13H,1-2H3. The van der Waals surface area contributed by atoms with Crippen molar-refractivity contribution >= 4 is 11.6 Å². The number of rotatable bonds is 3. The van der Waals surface area contributed by atoms with Crippen molar-refractivity contribution in [3.63, 3.8) is 0 Å². The largest absolute Gasteiger partial charge is 0.308 e. The summed E-state index contributed by atoms with van der Waals surface area (Å²) in [6.45, 7) is 0. The molecule has 1 heterocycles. The summed E-state index contributed by atoms with van der Waals surface area (Å²) in [6.07, 6.45) is 1.75. The van der Waals surface area contributed by atoms with Crippen LogP contribution in [0.2, 0.25) is 5.02 Å². The van der Waals surface area contributed by atoms with Gasteiger partial charge >= 0.3 is 0 Å². The van der Waals surface area contributed by atoms with Crippen LogP contribution in [-0.4, -0.2) is 22.0 Å². The first-order chi connectivity index (χ1) is 7.72. The van der Waals surface area contributed by atoms with Crippen molar-refractivity contribution in [1.29, 1.82) is 0 Å². The number of hydrogen-bond acceptors (Lipinski definition) is 3. The molecular weight excluding hydrogens is 224 g/mol. The number of aromatic nitrogens is 3. The highest BCUT2D eigenvalue weighted by atomic mass is 35.5. The summed E-state index contributed by atoms with van der Waals surface area (Å²) in [4.78, 5) is 0. The van der Waals surface area contributed by atoms with Crippen molar-refractivity contribution in [3.8, 4) is 0 Å². The van der Waals surface area contributed by atoms with Crippen LogP contribution in [0.15, 0.2) is 30.5 Å². The predicted molar refractivity (Wildman–Crippen MR) is 63.4 cm³/mol. The van der Waals surface area contributed by atoms with Gasteiger partial charge in [0.25, 0.3) is 0 Å². The second-order valence-corrected chi connectivity index (χ2v) is 4.00. The molecular formula is C11H13ClN4. The quantitative estimate of drug-likeness (QED) is 0.884. The average Bonchev–Trinajstić information content (AvgIpc) is 2.67. The molecule has 5 heteroatoms. The van der Waals surface area contributed by atoms with Crippen LogP contribution in [0.3, 0.4) is 0 Å². The zero-order valence-corrected chi connectivity index (χ0v) is 9.94. The van der Waals surface area contributed by atoms with Gasteiger partial charge in [-0.2, -0.15) is 0 Å². The highest BCUT2D eigenvalue weighted by Gasteiger charge is 2.15. The van der Waals surface area contributed by atoms with Gasteiger partial charge in [0.1, 0.15) is 0 Å². The monoisotopic (exact) mass is 236 g/mol. The zero-order valence-electron chi connectivity index (χ0n) is 9.18. The van der Waals surface area contributed by atoms with Gasteiger partial charge in [-0.15, -0.1) is 5.10 Å². The summed E-state index contributed by atoms with van der Waals surface area (Å²) in [5.41, 5.74) is 2.10. The fraction of sp³-hybridized carbons (Fsp3) is 0.273.